The lowest BCUT2D eigenvalue weighted by Gasteiger charge is -2.33. The van der Waals surface area contributed by atoms with Crippen molar-refractivity contribution in [2.24, 2.45) is 5.41 Å². The molecule has 5 heteroatoms. The molecule has 1 aliphatic heterocycles. The maximum absolute atomic E-state index is 11.9. The van der Waals surface area contributed by atoms with Crippen LogP contribution in [0.3, 0.4) is 0 Å². The van der Waals surface area contributed by atoms with E-state index in [2.05, 4.69) is 10.3 Å². The fourth-order valence-corrected chi connectivity index (χ4v) is 2.86. The van der Waals surface area contributed by atoms with Gasteiger partial charge in [-0.2, -0.15) is 0 Å². The molecule has 1 N–H and O–H groups in total. The van der Waals surface area contributed by atoms with Gasteiger partial charge >= 0.3 is 6.09 Å². The highest BCUT2D eigenvalue weighted by molar-refractivity contribution is 5.67. The first-order valence-corrected chi connectivity index (χ1v) is 7.44. The zero-order chi connectivity index (χ0) is 15.1. The molecule has 1 aromatic rings. The summed E-state index contributed by atoms with van der Waals surface area (Å²) in [4.78, 5) is 16.3. The Hall–Kier alpha value is -1.78. The number of rotatable bonds is 2. The minimum absolute atomic E-state index is 0.149. The number of nitrogens with one attached hydrogen (secondary N) is 1. The third-order valence-corrected chi connectivity index (χ3v) is 4.13. The van der Waals surface area contributed by atoms with Crippen molar-refractivity contribution in [2.75, 3.05) is 13.2 Å². The van der Waals surface area contributed by atoms with Gasteiger partial charge in [0.05, 0.1) is 12.3 Å². The van der Waals surface area contributed by atoms with Crippen LogP contribution in [-0.4, -0.2) is 29.8 Å². The highest BCUT2D eigenvalue weighted by Gasteiger charge is 2.54. The Morgan fingerprint density at radius 3 is 2.95 bits per heavy atom. The maximum atomic E-state index is 11.9. The average molecular weight is 290 g/mol. The number of aromatic nitrogens is 1. The monoisotopic (exact) mass is 290 g/mol. The lowest BCUT2D eigenvalue weighted by atomic mass is 9.84. The maximum Gasteiger partial charge on any atom is 0.407 e. The van der Waals surface area contributed by atoms with Crippen LogP contribution in [0.4, 0.5) is 4.79 Å². The molecular formula is C16H22N2O3. The summed E-state index contributed by atoms with van der Waals surface area (Å²) >= 11 is 0. The summed E-state index contributed by atoms with van der Waals surface area (Å²) in [5.41, 5.74) is 0.626. The first-order valence-electron chi connectivity index (χ1n) is 7.44. The van der Waals surface area contributed by atoms with Crippen LogP contribution in [0.1, 0.15) is 45.2 Å². The van der Waals surface area contributed by atoms with E-state index in [1.807, 2.05) is 32.9 Å². The van der Waals surface area contributed by atoms with Crippen LogP contribution in [0.25, 0.3) is 0 Å². The fraction of sp³-hybridized carbons (Fsp3) is 0.625. The van der Waals surface area contributed by atoms with E-state index in [-0.39, 0.29) is 17.4 Å². The molecule has 0 saturated heterocycles. The number of carbonyl (C=O) groups is 1. The van der Waals surface area contributed by atoms with E-state index < -0.39 is 5.60 Å². The van der Waals surface area contributed by atoms with E-state index in [9.17, 15) is 4.79 Å². The van der Waals surface area contributed by atoms with Crippen molar-refractivity contribution >= 4 is 6.09 Å². The predicted octanol–water partition coefficient (Wildman–Crippen LogP) is 2.86. The molecule has 1 aliphatic carbocycles. The highest BCUT2D eigenvalue weighted by atomic mass is 16.6. The third kappa shape index (κ3) is 2.96. The largest absolute Gasteiger partial charge is 0.491 e. The Labute approximate surface area is 125 Å². The number of pyridine rings is 1. The molecule has 0 radical (unpaired) electrons. The van der Waals surface area contributed by atoms with Crippen molar-refractivity contribution < 1.29 is 14.3 Å². The molecule has 0 bridgehead atoms. The molecule has 0 aromatic carbocycles. The molecule has 1 unspecified atom stereocenters. The summed E-state index contributed by atoms with van der Waals surface area (Å²) in [6.07, 6.45) is 3.67. The Morgan fingerprint density at radius 1 is 1.52 bits per heavy atom. The number of hydrogen-bond donors (Lipinski definition) is 1. The molecule has 1 atom stereocenters. The SMILES string of the molecule is CC(C)(C)OC(=O)NCC1c2ncccc2OCC12CC2. The third-order valence-electron chi connectivity index (χ3n) is 4.13. The summed E-state index contributed by atoms with van der Waals surface area (Å²) in [5, 5.41) is 2.89. The van der Waals surface area contributed by atoms with Crippen LogP contribution >= 0.6 is 0 Å². The number of hydrogen-bond acceptors (Lipinski definition) is 4. The minimum Gasteiger partial charge on any atom is -0.491 e. The Kier molecular flexibility index (Phi) is 3.30. The number of carbonyl (C=O) groups excluding carboxylic acids is 1. The summed E-state index contributed by atoms with van der Waals surface area (Å²) < 4.78 is 11.1. The van der Waals surface area contributed by atoms with Crippen LogP contribution in [0.15, 0.2) is 18.3 Å². The van der Waals surface area contributed by atoms with Gasteiger partial charge in [0.15, 0.2) is 0 Å². The molecule has 114 valence electrons. The van der Waals surface area contributed by atoms with Crippen LogP contribution in [0.2, 0.25) is 0 Å². The van der Waals surface area contributed by atoms with Gasteiger partial charge in [-0.3, -0.25) is 4.98 Å². The second kappa shape index (κ2) is 4.90. The molecule has 3 rings (SSSR count). The van der Waals surface area contributed by atoms with Gasteiger partial charge < -0.3 is 14.8 Å². The van der Waals surface area contributed by atoms with Gasteiger partial charge in [0.1, 0.15) is 11.4 Å². The second-order valence-corrected chi connectivity index (χ2v) is 6.97. The fourth-order valence-electron chi connectivity index (χ4n) is 2.86. The molecule has 2 heterocycles. The van der Waals surface area contributed by atoms with Crippen molar-refractivity contribution in [3.05, 3.63) is 24.0 Å². The van der Waals surface area contributed by atoms with Crippen LogP contribution < -0.4 is 10.1 Å². The van der Waals surface area contributed by atoms with Crippen molar-refractivity contribution in [3.63, 3.8) is 0 Å². The Balaban J connectivity index is 1.70. The van der Waals surface area contributed by atoms with Crippen LogP contribution in [0.5, 0.6) is 5.75 Å². The molecule has 1 spiro atoms. The zero-order valence-electron chi connectivity index (χ0n) is 12.8. The standard InChI is InChI=1S/C16H22N2O3/c1-15(2,3)21-14(19)18-9-11-13-12(5-4-8-17-13)20-10-16(11)6-7-16/h4-5,8,11H,6-7,9-10H2,1-3H3,(H,18,19). The lowest BCUT2D eigenvalue weighted by Crippen LogP contribution is -2.39. The highest BCUT2D eigenvalue weighted by Crippen LogP contribution is 2.59. The lowest BCUT2D eigenvalue weighted by molar-refractivity contribution is 0.0511. The quantitative estimate of drug-likeness (QED) is 0.910. The first kappa shape index (κ1) is 14.2. The molecule has 1 aromatic heterocycles. The molecule has 1 fully saturated rings. The van der Waals surface area contributed by atoms with Crippen LogP contribution in [0, 0.1) is 5.41 Å². The first-order chi connectivity index (χ1) is 9.90. The van der Waals surface area contributed by atoms with Gasteiger partial charge in [0.2, 0.25) is 0 Å². The molecular weight excluding hydrogens is 268 g/mol. The summed E-state index contributed by atoms with van der Waals surface area (Å²) in [7, 11) is 0. The van der Waals surface area contributed by atoms with Gasteiger partial charge in [-0.15, -0.1) is 0 Å². The van der Waals surface area contributed by atoms with E-state index in [1.54, 1.807) is 6.20 Å². The zero-order valence-corrected chi connectivity index (χ0v) is 12.8. The average Bonchev–Trinajstić information content (AvgIpc) is 3.16. The van der Waals surface area contributed by atoms with E-state index in [4.69, 9.17) is 9.47 Å². The van der Waals surface area contributed by atoms with E-state index in [0.717, 1.165) is 24.3 Å². The van der Waals surface area contributed by atoms with Crippen molar-refractivity contribution in [1.29, 1.82) is 0 Å². The van der Waals surface area contributed by atoms with Gasteiger partial charge in [-0.05, 0) is 45.7 Å². The van der Waals surface area contributed by atoms with Crippen molar-refractivity contribution in [2.45, 2.75) is 45.1 Å². The minimum atomic E-state index is -0.479. The molecule has 5 nitrogen and oxygen atoms in total. The molecule has 1 saturated carbocycles. The van der Waals surface area contributed by atoms with Crippen LogP contribution in [-0.2, 0) is 4.74 Å². The van der Waals surface area contributed by atoms with Crippen molar-refractivity contribution in [3.8, 4) is 5.75 Å². The number of ether oxygens (including phenoxy) is 2. The van der Waals surface area contributed by atoms with Gasteiger partial charge in [0.25, 0.3) is 0 Å². The van der Waals surface area contributed by atoms with Gasteiger partial charge in [0, 0.05) is 24.1 Å². The van der Waals surface area contributed by atoms with Gasteiger partial charge in [-0.1, -0.05) is 0 Å². The number of fused-ring (bicyclic) bond motifs is 1. The number of amides is 1. The Bertz CT molecular complexity index is 547. The number of nitrogens with zero attached hydrogens (tertiary/aromatic N) is 1. The normalized spacial score (nSPS) is 22.1. The predicted molar refractivity (Wildman–Crippen MR) is 78.4 cm³/mol. The second-order valence-electron chi connectivity index (χ2n) is 6.97. The number of alkyl carbamates (subject to hydrolysis) is 1. The van der Waals surface area contributed by atoms with E-state index >= 15 is 0 Å². The summed E-state index contributed by atoms with van der Waals surface area (Å²) in [5.74, 6) is 1.04. The molecule has 21 heavy (non-hydrogen) atoms. The summed E-state index contributed by atoms with van der Waals surface area (Å²) in [6.45, 7) is 6.84. The van der Waals surface area contributed by atoms with Gasteiger partial charge in [-0.25, -0.2) is 4.79 Å². The molecule has 1 amide bonds. The topological polar surface area (TPSA) is 60.5 Å². The van der Waals surface area contributed by atoms with E-state index in [0.29, 0.717) is 13.2 Å². The van der Waals surface area contributed by atoms with Crippen molar-refractivity contribution in [1.82, 2.24) is 10.3 Å². The Morgan fingerprint density at radius 2 is 2.29 bits per heavy atom. The smallest absolute Gasteiger partial charge is 0.407 e. The van der Waals surface area contributed by atoms with E-state index in [1.165, 1.54) is 0 Å². The molecule has 2 aliphatic rings. The summed E-state index contributed by atoms with van der Waals surface area (Å²) in [6, 6.07) is 3.82.